The minimum absolute atomic E-state index is 0.0359. The summed E-state index contributed by atoms with van der Waals surface area (Å²) in [5.41, 5.74) is 9.71. The lowest BCUT2D eigenvalue weighted by Crippen LogP contribution is -2.40. The first-order valence-electron chi connectivity index (χ1n) is 15.7. The van der Waals surface area contributed by atoms with Crippen molar-refractivity contribution in [1.29, 1.82) is 0 Å². The maximum absolute atomic E-state index is 13.6. The van der Waals surface area contributed by atoms with E-state index in [-0.39, 0.29) is 18.4 Å². The number of anilines is 1. The number of nitrogens with zero attached hydrogens (tertiary/aromatic N) is 2. The van der Waals surface area contributed by atoms with Crippen molar-refractivity contribution < 1.29 is 13.5 Å². The number of hydrogen-bond acceptors (Lipinski definition) is 5. The number of likely N-dealkylation sites (tertiary alicyclic amines) is 1. The van der Waals surface area contributed by atoms with Crippen LogP contribution in [0.25, 0.3) is 11.1 Å². The molecular weight excluding hydrogens is 546 g/mol. The molecule has 5 rings (SSSR count). The monoisotopic (exact) mass is 592 g/mol. The summed E-state index contributed by atoms with van der Waals surface area (Å²) in [6.45, 7) is 13.5. The molecule has 3 aromatic rings. The Morgan fingerprint density at radius 3 is 2.35 bits per heavy atom. The summed E-state index contributed by atoms with van der Waals surface area (Å²) >= 11 is 0. The van der Waals surface area contributed by atoms with Crippen LogP contribution in [0.5, 0.6) is 0 Å². The Kier molecular flexibility index (Phi) is 9.99. The highest BCUT2D eigenvalue weighted by Crippen LogP contribution is 2.34. The van der Waals surface area contributed by atoms with Gasteiger partial charge >= 0.3 is 0 Å². The number of piperidine rings is 1. The Hall–Kier alpha value is -3.07. The van der Waals surface area contributed by atoms with Gasteiger partial charge in [-0.2, -0.15) is 0 Å². The summed E-state index contributed by atoms with van der Waals surface area (Å²) in [6, 6.07) is 15.6. The summed E-state index contributed by atoms with van der Waals surface area (Å²) in [5.74, 6) is -2.53. The molecule has 6 nitrogen and oxygen atoms in total. The third-order valence-corrected chi connectivity index (χ3v) is 9.16. The van der Waals surface area contributed by atoms with Crippen LogP contribution in [0.4, 0.5) is 14.5 Å². The summed E-state index contributed by atoms with van der Waals surface area (Å²) in [6.07, 6.45) is 1.90. The highest BCUT2D eigenvalue weighted by atomic mass is 19.3. The van der Waals surface area contributed by atoms with Crippen LogP contribution in [0.3, 0.4) is 0 Å². The Labute approximate surface area is 254 Å². The zero-order chi connectivity index (χ0) is 30.6. The summed E-state index contributed by atoms with van der Waals surface area (Å²) in [4.78, 5) is 20.2. The highest BCUT2D eigenvalue weighted by Gasteiger charge is 2.33. The molecule has 0 spiro atoms. The zero-order valence-electron chi connectivity index (χ0n) is 26.1. The smallest absolute Gasteiger partial charge is 0.252 e. The van der Waals surface area contributed by atoms with Gasteiger partial charge in [-0.15, -0.1) is 0 Å². The van der Waals surface area contributed by atoms with Crippen molar-refractivity contribution in [3.8, 4) is 11.1 Å². The van der Waals surface area contributed by atoms with Crippen molar-refractivity contribution in [2.45, 2.75) is 85.0 Å². The topological polar surface area (TPSA) is 60.6 Å². The molecule has 0 unspecified atom stereocenters. The zero-order valence-corrected chi connectivity index (χ0v) is 26.1. The van der Waals surface area contributed by atoms with Gasteiger partial charge in [-0.05, 0) is 92.1 Å². The Morgan fingerprint density at radius 2 is 1.70 bits per heavy atom. The van der Waals surface area contributed by atoms with Gasteiger partial charge < -0.3 is 19.9 Å². The minimum Gasteiger partial charge on any atom is -0.381 e. The Morgan fingerprint density at radius 1 is 1.00 bits per heavy atom. The van der Waals surface area contributed by atoms with Crippen LogP contribution in [0.15, 0.2) is 47.3 Å². The molecule has 2 aromatic carbocycles. The van der Waals surface area contributed by atoms with E-state index in [1.165, 1.54) is 16.8 Å². The van der Waals surface area contributed by atoms with Crippen molar-refractivity contribution in [1.82, 2.24) is 15.2 Å². The Bertz CT molecular complexity index is 1440. The van der Waals surface area contributed by atoms with Crippen molar-refractivity contribution in [2.75, 3.05) is 37.7 Å². The van der Waals surface area contributed by atoms with Gasteiger partial charge in [0.1, 0.15) is 0 Å². The lowest BCUT2D eigenvalue weighted by atomic mass is 9.95. The van der Waals surface area contributed by atoms with Crippen molar-refractivity contribution in [3.63, 3.8) is 0 Å². The number of aryl methyl sites for hydroxylation is 2. The summed E-state index contributed by atoms with van der Waals surface area (Å²) in [7, 11) is 0. The molecule has 2 saturated heterocycles. The summed E-state index contributed by atoms with van der Waals surface area (Å²) < 4.78 is 32.9. The molecule has 2 aliphatic heterocycles. The van der Waals surface area contributed by atoms with Gasteiger partial charge in [-0.3, -0.25) is 9.69 Å². The number of alkyl halides is 2. The number of H-pyrrole nitrogens is 1. The fraction of sp³-hybridized carbons (Fsp3) is 0.514. The lowest BCUT2D eigenvalue weighted by molar-refractivity contribution is -0.0566. The third kappa shape index (κ3) is 7.72. The van der Waals surface area contributed by atoms with Crippen molar-refractivity contribution in [3.05, 3.63) is 86.3 Å². The maximum Gasteiger partial charge on any atom is 0.252 e. The van der Waals surface area contributed by atoms with Gasteiger partial charge in [0.2, 0.25) is 0 Å². The predicted octanol–water partition coefficient (Wildman–Crippen LogP) is 6.49. The molecule has 1 aromatic heterocycles. The van der Waals surface area contributed by atoms with Crippen LogP contribution >= 0.6 is 0 Å². The lowest BCUT2D eigenvalue weighted by Gasteiger charge is -2.37. The quantitative estimate of drug-likeness (QED) is 0.282. The average Bonchev–Trinajstić information content (AvgIpc) is 2.98. The van der Waals surface area contributed by atoms with E-state index in [2.05, 4.69) is 70.3 Å². The van der Waals surface area contributed by atoms with Crippen molar-refractivity contribution >= 4 is 5.69 Å². The van der Waals surface area contributed by atoms with Crippen LogP contribution < -0.4 is 15.8 Å². The molecule has 0 bridgehead atoms. The number of ether oxygens (including phenoxy) is 1. The van der Waals surface area contributed by atoms with E-state index in [0.717, 1.165) is 66.1 Å². The first-order chi connectivity index (χ1) is 20.6. The van der Waals surface area contributed by atoms with Crippen molar-refractivity contribution in [2.24, 2.45) is 0 Å². The fourth-order valence-corrected chi connectivity index (χ4v) is 6.55. The van der Waals surface area contributed by atoms with E-state index in [9.17, 15) is 13.6 Å². The number of hydrogen-bond donors (Lipinski definition) is 2. The van der Waals surface area contributed by atoms with Crippen LogP contribution in [0.2, 0.25) is 0 Å². The fourth-order valence-electron chi connectivity index (χ4n) is 6.55. The van der Waals surface area contributed by atoms with Crippen LogP contribution in [0, 0.1) is 20.8 Å². The second-order valence-electron chi connectivity index (χ2n) is 12.3. The van der Waals surface area contributed by atoms with Gasteiger partial charge in [0.15, 0.2) is 0 Å². The normalized spacial score (nSPS) is 17.7. The first-order valence-corrected chi connectivity index (χ1v) is 15.7. The molecular formula is C35H46F2N4O2. The highest BCUT2D eigenvalue weighted by molar-refractivity contribution is 5.73. The molecule has 2 fully saturated rings. The minimum atomic E-state index is -2.53. The van der Waals surface area contributed by atoms with Gasteiger partial charge in [0.05, 0.1) is 0 Å². The van der Waals surface area contributed by atoms with E-state index in [1.54, 1.807) is 0 Å². The predicted molar refractivity (Wildman–Crippen MR) is 170 cm³/mol. The van der Waals surface area contributed by atoms with E-state index >= 15 is 0 Å². The molecule has 43 heavy (non-hydrogen) atoms. The summed E-state index contributed by atoms with van der Waals surface area (Å²) in [5, 5.41) is 3.55. The van der Waals surface area contributed by atoms with Gasteiger partial charge in [0, 0.05) is 88.3 Å². The number of nitrogens with one attached hydrogen (secondary N) is 2. The molecule has 0 aliphatic carbocycles. The number of aromatic nitrogens is 1. The molecule has 2 N–H and O–H groups in total. The van der Waals surface area contributed by atoms with E-state index < -0.39 is 5.92 Å². The average molecular weight is 593 g/mol. The molecule has 0 radical (unpaired) electrons. The van der Waals surface area contributed by atoms with Crippen LogP contribution in [0.1, 0.15) is 66.1 Å². The molecule has 3 heterocycles. The standard InChI is InChI=1S/C35H46F2N4O2/c1-5-41(31-10-16-43-17-11-31)33-20-29(28-8-6-27(7-9-28)23-40-14-12-35(36,37)13-15-40)19-30(26(33)4)21-38-22-32-24(2)18-25(3)39-34(32)42/h6-9,18-20,31,38H,5,10-17,21-23H2,1-4H3,(H,39,42). The molecule has 232 valence electrons. The number of aromatic amines is 1. The van der Waals surface area contributed by atoms with Crippen LogP contribution in [-0.4, -0.2) is 54.7 Å². The van der Waals surface area contributed by atoms with Gasteiger partial charge in [-0.1, -0.05) is 24.3 Å². The number of rotatable bonds is 10. The third-order valence-electron chi connectivity index (χ3n) is 9.16. The van der Waals surface area contributed by atoms with E-state index in [0.29, 0.717) is 38.8 Å². The van der Waals surface area contributed by atoms with E-state index in [4.69, 9.17) is 4.74 Å². The second-order valence-corrected chi connectivity index (χ2v) is 12.3. The SMILES string of the molecule is CCN(c1cc(-c2ccc(CN3CCC(F)(F)CC3)cc2)cc(CNCc2c(C)cc(C)[nH]c2=O)c1C)C1CCOCC1. The molecule has 0 atom stereocenters. The molecule has 0 amide bonds. The van der Waals surface area contributed by atoms with E-state index in [1.807, 2.05) is 19.9 Å². The maximum atomic E-state index is 13.6. The van der Waals surface area contributed by atoms with Crippen LogP contribution in [-0.2, 0) is 24.4 Å². The largest absolute Gasteiger partial charge is 0.381 e. The molecule has 8 heteroatoms. The number of pyridine rings is 1. The Balaban J connectivity index is 1.40. The molecule has 0 saturated carbocycles. The number of benzene rings is 2. The molecule has 2 aliphatic rings. The second kappa shape index (κ2) is 13.7. The van der Waals surface area contributed by atoms with Gasteiger partial charge in [-0.25, -0.2) is 8.78 Å². The number of halogens is 2. The van der Waals surface area contributed by atoms with Gasteiger partial charge in [0.25, 0.3) is 11.5 Å². The first kappa shape index (κ1) is 31.4.